The third-order valence-corrected chi connectivity index (χ3v) is 3.70. The van der Waals surface area contributed by atoms with Crippen LogP contribution in [0.3, 0.4) is 0 Å². The van der Waals surface area contributed by atoms with Gasteiger partial charge in [-0.25, -0.2) is 0 Å². The number of ether oxygens (including phenoxy) is 1. The van der Waals surface area contributed by atoms with Crippen LogP contribution in [0.25, 0.3) is 0 Å². The molecule has 0 amide bonds. The Labute approximate surface area is 120 Å². The van der Waals surface area contributed by atoms with Crippen molar-refractivity contribution in [3.8, 4) is 5.75 Å². The molecule has 1 aromatic carbocycles. The summed E-state index contributed by atoms with van der Waals surface area (Å²) in [4.78, 5) is 4.16. The first-order valence-electron chi connectivity index (χ1n) is 7.12. The molecule has 3 rings (SSSR count). The summed E-state index contributed by atoms with van der Waals surface area (Å²) >= 11 is 0. The van der Waals surface area contributed by atoms with Crippen molar-refractivity contribution >= 4 is 0 Å². The van der Waals surface area contributed by atoms with E-state index in [-0.39, 0.29) is 6.04 Å². The van der Waals surface area contributed by atoms with Crippen LogP contribution in [-0.4, -0.2) is 18.1 Å². The molecule has 1 aromatic heterocycles. The van der Waals surface area contributed by atoms with Gasteiger partial charge in [0, 0.05) is 12.4 Å². The van der Waals surface area contributed by atoms with Crippen molar-refractivity contribution in [3.05, 3.63) is 59.4 Å². The number of pyridine rings is 1. The Morgan fingerprint density at radius 3 is 2.55 bits per heavy atom. The minimum absolute atomic E-state index is 0.188. The smallest absolute Gasteiger partial charge is 0.119 e. The lowest BCUT2D eigenvalue weighted by atomic mass is 9.96. The molecule has 3 heteroatoms. The van der Waals surface area contributed by atoms with Gasteiger partial charge in [0.25, 0.3) is 0 Å². The molecular weight excluding hydrogens is 248 g/mol. The van der Waals surface area contributed by atoms with Crippen LogP contribution in [0.1, 0.15) is 35.6 Å². The predicted octanol–water partition coefficient (Wildman–Crippen LogP) is 3.24. The van der Waals surface area contributed by atoms with E-state index in [1.54, 1.807) is 0 Å². The van der Waals surface area contributed by atoms with E-state index in [9.17, 15) is 0 Å². The summed E-state index contributed by atoms with van der Waals surface area (Å²) in [6.07, 6.45) is 6.58. The van der Waals surface area contributed by atoms with E-state index < -0.39 is 0 Å². The van der Waals surface area contributed by atoms with E-state index in [0.717, 1.165) is 5.75 Å². The topological polar surface area (TPSA) is 34.1 Å². The molecule has 0 saturated heterocycles. The van der Waals surface area contributed by atoms with Gasteiger partial charge in [-0.15, -0.1) is 0 Å². The standard InChI is InChI=1S/C17H20N2O/c1-12-11-19-10-9-16(12)17(18-2)13-3-5-14(6-4-13)20-15-7-8-15/h3-6,9-11,15,17-18H,7-8H2,1-2H3. The van der Waals surface area contributed by atoms with Gasteiger partial charge in [0.1, 0.15) is 5.75 Å². The van der Waals surface area contributed by atoms with Crippen molar-refractivity contribution in [2.24, 2.45) is 0 Å². The van der Waals surface area contributed by atoms with E-state index in [1.165, 1.54) is 29.5 Å². The van der Waals surface area contributed by atoms with Crippen LogP contribution in [-0.2, 0) is 0 Å². The maximum Gasteiger partial charge on any atom is 0.119 e. The van der Waals surface area contributed by atoms with Crippen LogP contribution >= 0.6 is 0 Å². The van der Waals surface area contributed by atoms with Crippen molar-refractivity contribution in [3.63, 3.8) is 0 Å². The second-order valence-electron chi connectivity index (χ2n) is 5.34. The number of hydrogen-bond donors (Lipinski definition) is 1. The first-order valence-corrected chi connectivity index (χ1v) is 7.12. The molecule has 1 atom stereocenters. The zero-order valence-corrected chi connectivity index (χ0v) is 12.0. The van der Waals surface area contributed by atoms with Crippen molar-refractivity contribution in [2.45, 2.75) is 31.9 Å². The van der Waals surface area contributed by atoms with Crippen molar-refractivity contribution in [2.75, 3.05) is 7.05 Å². The van der Waals surface area contributed by atoms with Crippen molar-refractivity contribution in [1.29, 1.82) is 0 Å². The molecular formula is C17H20N2O. The van der Waals surface area contributed by atoms with Gasteiger partial charge >= 0.3 is 0 Å². The van der Waals surface area contributed by atoms with E-state index in [0.29, 0.717) is 6.10 Å². The van der Waals surface area contributed by atoms with Gasteiger partial charge in [-0.2, -0.15) is 0 Å². The van der Waals surface area contributed by atoms with Crippen molar-refractivity contribution < 1.29 is 4.74 Å². The first kappa shape index (κ1) is 13.1. The van der Waals surface area contributed by atoms with E-state index in [4.69, 9.17) is 4.74 Å². The Morgan fingerprint density at radius 1 is 1.20 bits per heavy atom. The molecule has 0 spiro atoms. The third-order valence-electron chi connectivity index (χ3n) is 3.70. The highest BCUT2D eigenvalue weighted by Crippen LogP contribution is 2.29. The molecule has 1 aliphatic carbocycles. The van der Waals surface area contributed by atoms with Crippen LogP contribution in [0.15, 0.2) is 42.7 Å². The summed E-state index contributed by atoms with van der Waals surface area (Å²) in [6, 6.07) is 10.7. The molecule has 20 heavy (non-hydrogen) atoms. The van der Waals surface area contributed by atoms with Gasteiger partial charge in [0.15, 0.2) is 0 Å². The molecule has 0 bridgehead atoms. The maximum absolute atomic E-state index is 5.79. The highest BCUT2D eigenvalue weighted by atomic mass is 16.5. The minimum Gasteiger partial charge on any atom is -0.490 e. The molecule has 1 saturated carbocycles. The molecule has 3 nitrogen and oxygen atoms in total. The molecule has 2 aromatic rings. The Hall–Kier alpha value is -1.87. The normalized spacial score (nSPS) is 15.9. The molecule has 0 aliphatic heterocycles. The Balaban J connectivity index is 1.83. The molecule has 1 N–H and O–H groups in total. The predicted molar refractivity (Wildman–Crippen MR) is 80.0 cm³/mol. The summed E-state index contributed by atoms with van der Waals surface area (Å²) < 4.78 is 5.79. The molecule has 1 unspecified atom stereocenters. The van der Waals surface area contributed by atoms with Crippen LogP contribution in [0, 0.1) is 6.92 Å². The Kier molecular flexibility index (Phi) is 3.70. The third kappa shape index (κ3) is 2.83. The fraction of sp³-hybridized carbons (Fsp3) is 0.353. The number of aromatic nitrogens is 1. The fourth-order valence-electron chi connectivity index (χ4n) is 2.43. The molecule has 1 fully saturated rings. The summed E-state index contributed by atoms with van der Waals surface area (Å²) in [7, 11) is 1.99. The van der Waals surface area contributed by atoms with Gasteiger partial charge < -0.3 is 10.1 Å². The highest BCUT2D eigenvalue weighted by Gasteiger charge is 2.23. The number of hydrogen-bond acceptors (Lipinski definition) is 3. The number of nitrogens with zero attached hydrogens (tertiary/aromatic N) is 1. The van der Waals surface area contributed by atoms with E-state index >= 15 is 0 Å². The van der Waals surface area contributed by atoms with Crippen molar-refractivity contribution in [1.82, 2.24) is 10.3 Å². The van der Waals surface area contributed by atoms with Crippen LogP contribution in [0.5, 0.6) is 5.75 Å². The largest absolute Gasteiger partial charge is 0.490 e. The summed E-state index contributed by atoms with van der Waals surface area (Å²) in [6.45, 7) is 2.09. The van der Waals surface area contributed by atoms with Crippen LogP contribution in [0.2, 0.25) is 0 Å². The van der Waals surface area contributed by atoms with Gasteiger partial charge in [-0.3, -0.25) is 4.98 Å². The van der Waals surface area contributed by atoms with Gasteiger partial charge in [-0.1, -0.05) is 12.1 Å². The zero-order chi connectivity index (χ0) is 13.9. The maximum atomic E-state index is 5.79. The lowest BCUT2D eigenvalue weighted by Gasteiger charge is -2.19. The second-order valence-corrected chi connectivity index (χ2v) is 5.34. The van der Waals surface area contributed by atoms with Gasteiger partial charge in [-0.05, 0) is 61.7 Å². The lowest BCUT2D eigenvalue weighted by Crippen LogP contribution is -2.18. The summed E-state index contributed by atoms with van der Waals surface area (Å²) in [5.41, 5.74) is 3.70. The minimum atomic E-state index is 0.188. The zero-order valence-electron chi connectivity index (χ0n) is 12.0. The van der Waals surface area contributed by atoms with Crippen LogP contribution < -0.4 is 10.1 Å². The quantitative estimate of drug-likeness (QED) is 0.904. The number of rotatable bonds is 5. The number of aryl methyl sites for hydroxylation is 1. The summed E-state index contributed by atoms with van der Waals surface area (Å²) in [5, 5.41) is 3.38. The fourth-order valence-corrected chi connectivity index (χ4v) is 2.43. The van der Waals surface area contributed by atoms with Gasteiger partial charge in [0.05, 0.1) is 12.1 Å². The molecule has 104 valence electrons. The van der Waals surface area contributed by atoms with E-state index in [1.807, 2.05) is 19.4 Å². The number of nitrogens with one attached hydrogen (secondary N) is 1. The Morgan fingerprint density at radius 2 is 1.95 bits per heavy atom. The molecule has 1 aliphatic rings. The first-order chi connectivity index (χ1) is 9.78. The van der Waals surface area contributed by atoms with Gasteiger partial charge in [0.2, 0.25) is 0 Å². The molecule has 1 heterocycles. The Bertz CT molecular complexity index is 576. The molecule has 0 radical (unpaired) electrons. The SMILES string of the molecule is CNC(c1ccc(OC2CC2)cc1)c1ccncc1C. The monoisotopic (exact) mass is 268 g/mol. The highest BCUT2D eigenvalue weighted by molar-refractivity contribution is 5.37. The average Bonchev–Trinajstić information content (AvgIpc) is 3.27. The summed E-state index contributed by atoms with van der Waals surface area (Å²) in [5.74, 6) is 0.970. The average molecular weight is 268 g/mol. The number of benzene rings is 1. The lowest BCUT2D eigenvalue weighted by molar-refractivity contribution is 0.303. The second kappa shape index (κ2) is 5.63. The van der Waals surface area contributed by atoms with E-state index in [2.05, 4.69) is 47.6 Å². The van der Waals surface area contributed by atoms with Crippen LogP contribution in [0.4, 0.5) is 0 Å².